The highest BCUT2D eigenvalue weighted by atomic mass is 19.4. The minimum atomic E-state index is -4.49. The molecule has 0 fully saturated rings. The van der Waals surface area contributed by atoms with E-state index in [-0.39, 0.29) is 17.4 Å². The second-order valence-electron chi connectivity index (χ2n) is 6.64. The van der Waals surface area contributed by atoms with Crippen molar-refractivity contribution in [3.63, 3.8) is 0 Å². The van der Waals surface area contributed by atoms with Crippen LogP contribution in [0.25, 0.3) is 22.8 Å². The highest BCUT2D eigenvalue weighted by Crippen LogP contribution is 2.39. The van der Waals surface area contributed by atoms with Gasteiger partial charge in [-0.2, -0.15) is 13.2 Å². The summed E-state index contributed by atoms with van der Waals surface area (Å²) in [7, 11) is 1.29. The average Bonchev–Trinajstić information content (AvgIpc) is 3.20. The average molecular weight is 418 g/mol. The number of hydrogen-bond donors (Lipinski definition) is 1. The molecule has 0 spiro atoms. The van der Waals surface area contributed by atoms with Crippen LogP contribution in [0.1, 0.15) is 40.9 Å². The van der Waals surface area contributed by atoms with Gasteiger partial charge in [-0.05, 0) is 48.2 Å². The number of aryl methyl sites for hydroxylation is 1. The Labute approximate surface area is 171 Å². The van der Waals surface area contributed by atoms with Gasteiger partial charge in [0.25, 0.3) is 0 Å². The number of aromatic nitrogens is 1. The summed E-state index contributed by atoms with van der Waals surface area (Å²) in [6, 6.07) is 6.65. The largest absolute Gasteiger partial charge is 0.496 e. The minimum Gasteiger partial charge on any atom is -0.496 e. The van der Waals surface area contributed by atoms with Gasteiger partial charge in [-0.1, -0.05) is 19.9 Å². The molecular weight excluding hydrogens is 397 g/mol. The number of nitrogens with two attached hydrogens (primary N) is 1. The fraction of sp³-hybridized carbons (Fsp3) is 0.273. The number of hydrogen-bond acceptors (Lipinski definition) is 4. The van der Waals surface area contributed by atoms with E-state index in [0.717, 1.165) is 23.3 Å². The molecule has 0 aliphatic heterocycles. The smallest absolute Gasteiger partial charge is 0.416 e. The molecule has 2 aromatic carbocycles. The number of nitrogens with zero attached hydrogens (tertiary/aromatic N) is 1. The van der Waals surface area contributed by atoms with Crippen LogP contribution in [0.5, 0.6) is 5.75 Å². The maximum absolute atomic E-state index is 13.0. The maximum atomic E-state index is 13.0. The first kappa shape index (κ1) is 21.4. The molecule has 158 valence electrons. The number of halogens is 3. The minimum absolute atomic E-state index is 0.0184. The van der Waals surface area contributed by atoms with Gasteiger partial charge in [-0.3, -0.25) is 4.79 Å². The Morgan fingerprint density at radius 1 is 1.17 bits per heavy atom. The second-order valence-corrected chi connectivity index (χ2v) is 6.64. The lowest BCUT2D eigenvalue weighted by Gasteiger charge is -2.14. The predicted molar refractivity (Wildman–Crippen MR) is 106 cm³/mol. The second kappa shape index (κ2) is 8.22. The summed E-state index contributed by atoms with van der Waals surface area (Å²) in [6.07, 6.45) is -1.86. The lowest BCUT2D eigenvalue weighted by atomic mass is 9.92. The van der Waals surface area contributed by atoms with E-state index in [2.05, 4.69) is 4.98 Å². The first-order chi connectivity index (χ1) is 14.2. The summed E-state index contributed by atoms with van der Waals surface area (Å²) in [5, 5.41) is 0. The van der Waals surface area contributed by atoms with Gasteiger partial charge in [0.15, 0.2) is 5.76 Å². The number of amides is 1. The van der Waals surface area contributed by atoms with Crippen LogP contribution in [0.4, 0.5) is 13.2 Å². The SMILES string of the molecule is CCc1ccc(C(N)=O)c(CC)c1-c1ncc(-c2ccc(C(F)(F)F)cc2OC)o1. The van der Waals surface area contributed by atoms with Crippen LogP contribution in [-0.4, -0.2) is 18.0 Å². The molecule has 1 heterocycles. The van der Waals surface area contributed by atoms with Crippen molar-refractivity contribution < 1.29 is 27.1 Å². The standard InChI is InChI=1S/C22H21F3N2O3/c1-4-12-6-8-15(20(26)28)14(5-2)19(12)21-27-11-18(30-21)16-9-7-13(22(23,24)25)10-17(16)29-3/h6-11H,4-5H2,1-3H3,(H2,26,28). The molecule has 0 unspecified atom stereocenters. The lowest BCUT2D eigenvalue weighted by molar-refractivity contribution is -0.137. The van der Waals surface area contributed by atoms with E-state index < -0.39 is 17.6 Å². The maximum Gasteiger partial charge on any atom is 0.416 e. The van der Waals surface area contributed by atoms with Gasteiger partial charge in [-0.15, -0.1) is 0 Å². The Hall–Kier alpha value is -3.29. The summed E-state index contributed by atoms with van der Waals surface area (Å²) in [5.41, 5.74) is 7.73. The van der Waals surface area contributed by atoms with Crippen molar-refractivity contribution >= 4 is 5.91 Å². The number of benzene rings is 2. The van der Waals surface area contributed by atoms with Crippen LogP contribution in [0, 0.1) is 0 Å². The van der Waals surface area contributed by atoms with Crippen LogP contribution < -0.4 is 10.5 Å². The molecule has 0 bridgehead atoms. The van der Waals surface area contributed by atoms with Crippen LogP contribution in [0.2, 0.25) is 0 Å². The number of ether oxygens (including phenoxy) is 1. The number of methoxy groups -OCH3 is 1. The molecule has 1 amide bonds. The van der Waals surface area contributed by atoms with Crippen LogP contribution in [-0.2, 0) is 19.0 Å². The van der Waals surface area contributed by atoms with Gasteiger partial charge in [0, 0.05) is 11.1 Å². The Morgan fingerprint density at radius 2 is 1.90 bits per heavy atom. The van der Waals surface area contributed by atoms with Gasteiger partial charge in [0.2, 0.25) is 11.8 Å². The monoisotopic (exact) mass is 418 g/mol. The number of carbonyl (C=O) groups excluding carboxylic acids is 1. The summed E-state index contributed by atoms with van der Waals surface area (Å²) in [5.74, 6) is -0.00954. The molecule has 0 aliphatic carbocycles. The topological polar surface area (TPSA) is 78.4 Å². The number of oxazole rings is 1. The fourth-order valence-electron chi connectivity index (χ4n) is 3.44. The van der Waals surface area contributed by atoms with E-state index in [1.807, 2.05) is 13.8 Å². The quantitative estimate of drug-likeness (QED) is 0.592. The molecule has 30 heavy (non-hydrogen) atoms. The van der Waals surface area contributed by atoms with Crippen molar-refractivity contribution in [1.29, 1.82) is 0 Å². The zero-order valence-corrected chi connectivity index (χ0v) is 16.8. The molecule has 0 saturated carbocycles. The van der Waals surface area contributed by atoms with Crippen molar-refractivity contribution in [2.45, 2.75) is 32.9 Å². The van der Waals surface area contributed by atoms with E-state index in [0.29, 0.717) is 29.5 Å². The number of rotatable bonds is 6. The molecule has 2 N–H and O–H groups in total. The third kappa shape index (κ3) is 3.90. The Kier molecular flexibility index (Phi) is 5.87. The van der Waals surface area contributed by atoms with Gasteiger partial charge in [-0.25, -0.2) is 4.98 Å². The van der Waals surface area contributed by atoms with Gasteiger partial charge in [0.1, 0.15) is 5.75 Å². The highest BCUT2D eigenvalue weighted by molar-refractivity contribution is 5.96. The summed E-state index contributed by atoms with van der Waals surface area (Å²) in [6.45, 7) is 3.86. The van der Waals surface area contributed by atoms with Crippen molar-refractivity contribution in [2.24, 2.45) is 5.73 Å². The van der Waals surface area contributed by atoms with Gasteiger partial charge < -0.3 is 14.9 Å². The zero-order chi connectivity index (χ0) is 22.1. The molecule has 3 aromatic rings. The van der Waals surface area contributed by atoms with E-state index in [1.54, 1.807) is 12.1 Å². The molecule has 0 radical (unpaired) electrons. The summed E-state index contributed by atoms with van der Waals surface area (Å²) in [4.78, 5) is 16.2. The number of primary amides is 1. The first-order valence-corrected chi connectivity index (χ1v) is 9.37. The Morgan fingerprint density at radius 3 is 2.47 bits per heavy atom. The zero-order valence-electron chi connectivity index (χ0n) is 16.8. The van der Waals surface area contributed by atoms with Crippen molar-refractivity contribution in [1.82, 2.24) is 4.98 Å². The highest BCUT2D eigenvalue weighted by Gasteiger charge is 2.31. The van der Waals surface area contributed by atoms with Crippen LogP contribution in [0.15, 0.2) is 40.9 Å². The van der Waals surface area contributed by atoms with Gasteiger partial charge >= 0.3 is 6.18 Å². The van der Waals surface area contributed by atoms with Crippen molar-refractivity contribution in [3.05, 3.63) is 58.8 Å². The fourth-order valence-corrected chi connectivity index (χ4v) is 3.44. The molecule has 5 nitrogen and oxygen atoms in total. The van der Waals surface area contributed by atoms with Crippen LogP contribution in [0.3, 0.4) is 0 Å². The summed E-state index contributed by atoms with van der Waals surface area (Å²) < 4.78 is 50.1. The van der Waals surface area contributed by atoms with E-state index >= 15 is 0 Å². The molecule has 0 atom stereocenters. The molecular formula is C22H21F3N2O3. The number of carbonyl (C=O) groups is 1. The third-order valence-corrected chi connectivity index (χ3v) is 4.91. The first-order valence-electron chi connectivity index (χ1n) is 9.37. The normalized spacial score (nSPS) is 11.5. The van der Waals surface area contributed by atoms with Crippen molar-refractivity contribution in [3.8, 4) is 28.5 Å². The Bertz CT molecular complexity index is 1090. The third-order valence-electron chi connectivity index (χ3n) is 4.91. The molecule has 1 aromatic heterocycles. The van der Waals surface area contributed by atoms with E-state index in [4.69, 9.17) is 14.9 Å². The molecule has 3 rings (SSSR count). The molecule has 0 aliphatic rings. The number of alkyl halides is 3. The van der Waals surface area contributed by atoms with Crippen LogP contribution >= 0.6 is 0 Å². The predicted octanol–water partition coefficient (Wildman–Crippen LogP) is 5.26. The van der Waals surface area contributed by atoms with Crippen molar-refractivity contribution in [2.75, 3.05) is 7.11 Å². The van der Waals surface area contributed by atoms with E-state index in [1.165, 1.54) is 19.4 Å². The summed E-state index contributed by atoms with van der Waals surface area (Å²) >= 11 is 0. The Balaban J connectivity index is 2.14. The molecule has 8 heteroatoms. The van der Waals surface area contributed by atoms with E-state index in [9.17, 15) is 18.0 Å². The van der Waals surface area contributed by atoms with Gasteiger partial charge in [0.05, 0.1) is 24.4 Å². The molecule has 0 saturated heterocycles. The lowest BCUT2D eigenvalue weighted by Crippen LogP contribution is -2.15.